The first kappa shape index (κ1) is 9.45. The number of rotatable bonds is 2. The van der Waals surface area contributed by atoms with Gasteiger partial charge in [-0.25, -0.2) is 4.39 Å². The van der Waals surface area contributed by atoms with Gasteiger partial charge in [-0.15, -0.1) is 0 Å². The summed E-state index contributed by atoms with van der Waals surface area (Å²) in [6, 6.07) is -0.141. The molecule has 0 spiro atoms. The molecule has 3 nitrogen and oxygen atoms in total. The van der Waals surface area contributed by atoms with Crippen LogP contribution in [0.4, 0.5) is 4.39 Å². The molecule has 0 aliphatic carbocycles. The molecule has 0 N–H and O–H groups in total. The Bertz CT molecular complexity index is 178. The van der Waals surface area contributed by atoms with Crippen molar-refractivity contribution in [2.75, 3.05) is 27.2 Å². The zero-order valence-corrected chi connectivity index (χ0v) is 7.75. The third kappa shape index (κ3) is 1.75. The Morgan fingerprint density at radius 1 is 1.58 bits per heavy atom. The van der Waals surface area contributed by atoms with Crippen molar-refractivity contribution in [3.8, 4) is 0 Å². The van der Waals surface area contributed by atoms with Gasteiger partial charge in [0.1, 0.15) is 6.17 Å². The molecule has 1 saturated heterocycles. The van der Waals surface area contributed by atoms with Crippen LogP contribution in [0.3, 0.4) is 0 Å². The Hall–Kier alpha value is -0.640. The van der Waals surface area contributed by atoms with Gasteiger partial charge in [-0.1, -0.05) is 0 Å². The summed E-state index contributed by atoms with van der Waals surface area (Å²) in [6.45, 7) is 2.38. The molecule has 0 unspecified atom stereocenters. The third-order valence-electron chi connectivity index (χ3n) is 2.28. The van der Waals surface area contributed by atoms with E-state index in [4.69, 9.17) is 0 Å². The van der Waals surface area contributed by atoms with Crippen molar-refractivity contribution in [3.05, 3.63) is 0 Å². The Labute approximate surface area is 72.1 Å². The monoisotopic (exact) mass is 174 g/mol. The van der Waals surface area contributed by atoms with Crippen LogP contribution in [0.5, 0.6) is 0 Å². The number of carbonyl (C=O) groups excluding carboxylic acids is 1. The van der Waals surface area contributed by atoms with Gasteiger partial charge in [0.2, 0.25) is 5.91 Å². The second kappa shape index (κ2) is 3.39. The number of carbonyl (C=O) groups is 1. The second-order valence-corrected chi connectivity index (χ2v) is 3.48. The van der Waals surface area contributed by atoms with Crippen molar-refractivity contribution in [2.45, 2.75) is 19.1 Å². The predicted octanol–water partition coefficient (Wildman–Crippen LogP) is 0.117. The van der Waals surface area contributed by atoms with E-state index in [1.54, 1.807) is 4.90 Å². The van der Waals surface area contributed by atoms with E-state index in [9.17, 15) is 9.18 Å². The molecule has 1 atom stereocenters. The van der Waals surface area contributed by atoms with E-state index in [1.165, 1.54) is 0 Å². The first-order chi connectivity index (χ1) is 5.52. The number of likely N-dealkylation sites (N-methyl/N-ethyl adjacent to an activating group) is 1. The molecule has 0 aromatic heterocycles. The highest BCUT2D eigenvalue weighted by Gasteiger charge is 2.33. The van der Waals surface area contributed by atoms with Crippen molar-refractivity contribution < 1.29 is 9.18 Å². The number of nitrogens with zero attached hydrogens (tertiary/aromatic N) is 2. The molecule has 1 heterocycles. The zero-order valence-electron chi connectivity index (χ0n) is 7.75. The van der Waals surface area contributed by atoms with Crippen LogP contribution in [0, 0.1) is 0 Å². The molecular formula is C8H15FN2O. The van der Waals surface area contributed by atoms with Gasteiger partial charge in [0.15, 0.2) is 0 Å². The molecule has 70 valence electrons. The van der Waals surface area contributed by atoms with Gasteiger partial charge in [-0.05, 0) is 21.0 Å². The largest absolute Gasteiger partial charge is 0.335 e. The average Bonchev–Trinajstić information content (AvgIpc) is 1.95. The van der Waals surface area contributed by atoms with E-state index in [0.717, 1.165) is 0 Å². The third-order valence-corrected chi connectivity index (χ3v) is 2.28. The van der Waals surface area contributed by atoms with Gasteiger partial charge < -0.3 is 4.90 Å². The van der Waals surface area contributed by atoms with Gasteiger partial charge in [0.25, 0.3) is 0 Å². The first-order valence-electron chi connectivity index (χ1n) is 4.11. The van der Waals surface area contributed by atoms with Crippen LogP contribution in [-0.4, -0.2) is 55.1 Å². The van der Waals surface area contributed by atoms with Crippen molar-refractivity contribution in [1.29, 1.82) is 0 Å². The Balaban J connectivity index is 2.38. The zero-order chi connectivity index (χ0) is 9.30. The topological polar surface area (TPSA) is 23.6 Å². The van der Waals surface area contributed by atoms with Crippen LogP contribution in [0.2, 0.25) is 0 Å². The molecule has 12 heavy (non-hydrogen) atoms. The van der Waals surface area contributed by atoms with Crippen LogP contribution >= 0.6 is 0 Å². The summed E-state index contributed by atoms with van der Waals surface area (Å²) >= 11 is 0. The lowest BCUT2D eigenvalue weighted by molar-refractivity contribution is -0.142. The van der Waals surface area contributed by atoms with Crippen LogP contribution in [0.15, 0.2) is 0 Å². The highest BCUT2D eigenvalue weighted by molar-refractivity contribution is 5.82. The van der Waals surface area contributed by atoms with Gasteiger partial charge in [0.05, 0.1) is 19.1 Å². The van der Waals surface area contributed by atoms with E-state index in [0.29, 0.717) is 0 Å². The van der Waals surface area contributed by atoms with Crippen LogP contribution in [0.1, 0.15) is 6.92 Å². The van der Waals surface area contributed by atoms with E-state index in [1.807, 2.05) is 25.9 Å². The molecule has 1 aliphatic rings. The molecule has 0 radical (unpaired) electrons. The lowest BCUT2D eigenvalue weighted by Crippen LogP contribution is -2.56. The fraction of sp³-hybridized carbons (Fsp3) is 0.875. The summed E-state index contributed by atoms with van der Waals surface area (Å²) < 4.78 is 12.4. The molecule has 0 aromatic rings. The van der Waals surface area contributed by atoms with Crippen molar-refractivity contribution >= 4 is 5.91 Å². The maximum absolute atomic E-state index is 12.4. The van der Waals surface area contributed by atoms with E-state index < -0.39 is 6.17 Å². The number of alkyl halides is 1. The number of hydrogen-bond acceptors (Lipinski definition) is 2. The van der Waals surface area contributed by atoms with Crippen LogP contribution in [0.25, 0.3) is 0 Å². The molecule has 0 saturated carbocycles. The molecule has 0 bridgehead atoms. The molecule has 1 rings (SSSR count). The summed E-state index contributed by atoms with van der Waals surface area (Å²) in [5.74, 6) is 0.0221. The predicted molar refractivity (Wildman–Crippen MR) is 44.6 cm³/mol. The maximum Gasteiger partial charge on any atom is 0.239 e. The number of hydrogen-bond donors (Lipinski definition) is 0. The van der Waals surface area contributed by atoms with E-state index in [-0.39, 0.29) is 25.0 Å². The highest BCUT2D eigenvalue weighted by Crippen LogP contribution is 2.13. The van der Waals surface area contributed by atoms with Crippen LogP contribution < -0.4 is 0 Å². The van der Waals surface area contributed by atoms with Crippen molar-refractivity contribution in [3.63, 3.8) is 0 Å². The maximum atomic E-state index is 12.4. The average molecular weight is 174 g/mol. The van der Waals surface area contributed by atoms with Gasteiger partial charge >= 0.3 is 0 Å². The number of amides is 1. The summed E-state index contributed by atoms with van der Waals surface area (Å²) in [4.78, 5) is 14.8. The molecule has 1 aliphatic heterocycles. The molecule has 1 amide bonds. The fourth-order valence-electron chi connectivity index (χ4n) is 1.09. The SMILES string of the molecule is C[C@@H](C(=O)N1CC(F)C1)N(C)C. The summed E-state index contributed by atoms with van der Waals surface area (Å²) in [7, 11) is 3.69. The van der Waals surface area contributed by atoms with E-state index in [2.05, 4.69) is 0 Å². The quantitative estimate of drug-likeness (QED) is 0.593. The van der Waals surface area contributed by atoms with Crippen LogP contribution in [-0.2, 0) is 4.79 Å². The molecular weight excluding hydrogens is 159 g/mol. The highest BCUT2D eigenvalue weighted by atomic mass is 19.1. The van der Waals surface area contributed by atoms with Crippen molar-refractivity contribution in [2.24, 2.45) is 0 Å². The minimum absolute atomic E-state index is 0.0221. The minimum atomic E-state index is -0.802. The fourth-order valence-corrected chi connectivity index (χ4v) is 1.09. The minimum Gasteiger partial charge on any atom is -0.335 e. The Kier molecular flexibility index (Phi) is 2.67. The van der Waals surface area contributed by atoms with E-state index >= 15 is 0 Å². The lowest BCUT2D eigenvalue weighted by Gasteiger charge is -2.37. The summed E-state index contributed by atoms with van der Waals surface area (Å²) in [5, 5.41) is 0. The first-order valence-corrected chi connectivity index (χ1v) is 4.11. The standard InChI is InChI=1S/C8H15FN2O/c1-6(10(2)3)8(12)11-4-7(9)5-11/h6-7H,4-5H2,1-3H3/t6-/m0/s1. The molecule has 1 fully saturated rings. The molecule has 4 heteroatoms. The number of likely N-dealkylation sites (tertiary alicyclic amines) is 1. The van der Waals surface area contributed by atoms with Crippen molar-refractivity contribution in [1.82, 2.24) is 9.80 Å². The number of halogens is 1. The van der Waals surface area contributed by atoms with Gasteiger partial charge in [-0.2, -0.15) is 0 Å². The second-order valence-electron chi connectivity index (χ2n) is 3.48. The Morgan fingerprint density at radius 3 is 2.42 bits per heavy atom. The summed E-state index contributed by atoms with van der Waals surface area (Å²) in [6.07, 6.45) is -0.802. The lowest BCUT2D eigenvalue weighted by atomic mass is 10.1. The smallest absolute Gasteiger partial charge is 0.239 e. The van der Waals surface area contributed by atoms with Gasteiger partial charge in [0, 0.05) is 0 Å². The summed E-state index contributed by atoms with van der Waals surface area (Å²) in [5.41, 5.74) is 0. The molecule has 0 aromatic carbocycles. The Morgan fingerprint density at radius 2 is 2.08 bits per heavy atom. The normalized spacial score (nSPS) is 20.9. The van der Waals surface area contributed by atoms with Gasteiger partial charge in [-0.3, -0.25) is 9.69 Å².